The van der Waals surface area contributed by atoms with Crippen LogP contribution in [-0.2, 0) is 30.8 Å². The van der Waals surface area contributed by atoms with Crippen molar-refractivity contribution in [3.05, 3.63) is 81.0 Å². The predicted molar refractivity (Wildman–Crippen MR) is 153 cm³/mol. The Morgan fingerprint density at radius 2 is 1.90 bits per heavy atom. The Bertz CT molecular complexity index is 1410. The molecule has 1 atom stereocenters. The number of carbonyl (C=O) groups excluding carboxylic acids is 3. The van der Waals surface area contributed by atoms with Crippen LogP contribution in [0.1, 0.15) is 46.2 Å². The van der Waals surface area contributed by atoms with E-state index in [9.17, 15) is 14.4 Å². The number of aliphatic imine (C=N–C) groups is 1. The van der Waals surface area contributed by atoms with Gasteiger partial charge < -0.3 is 25.3 Å². The Balaban J connectivity index is 1.21. The molecule has 5 amide bonds. The van der Waals surface area contributed by atoms with E-state index in [1.165, 1.54) is 0 Å². The maximum atomic E-state index is 13.9. The van der Waals surface area contributed by atoms with Crippen molar-refractivity contribution in [2.75, 3.05) is 19.6 Å². The standard InChI is InChI=1S/C30H33ClN6O3/c1-18-3-5-20(6-4-18)16-36-17-25-21(11-26(31)24-14-32-13-23(24)25)12-27(28(36)38)34-29(39)35-9-7-22(8-10-35)37-15-19(2)33-30(37)40/h3-6,11,13,22,27H,2,7-10,12,14-17H2,1H3,(H,33,40)(H,34,39)/t27-/m1/s1. The third kappa shape index (κ3) is 5.06. The highest BCUT2D eigenvalue weighted by atomic mass is 35.5. The van der Waals surface area contributed by atoms with Crippen molar-refractivity contribution >= 4 is 35.8 Å². The molecule has 2 saturated heterocycles. The van der Waals surface area contributed by atoms with Crippen LogP contribution >= 0.6 is 11.6 Å². The van der Waals surface area contributed by atoms with Crippen molar-refractivity contribution in [3.8, 4) is 0 Å². The second-order valence-corrected chi connectivity index (χ2v) is 11.5. The Morgan fingerprint density at radius 1 is 1.15 bits per heavy atom. The number of carbonyl (C=O) groups is 3. The van der Waals surface area contributed by atoms with Crippen LogP contribution in [0, 0.1) is 6.92 Å². The molecule has 40 heavy (non-hydrogen) atoms. The van der Waals surface area contributed by atoms with Gasteiger partial charge in [0.2, 0.25) is 5.91 Å². The normalized spacial score (nSPS) is 20.9. The summed E-state index contributed by atoms with van der Waals surface area (Å²) in [5, 5.41) is 6.44. The van der Waals surface area contributed by atoms with Crippen LogP contribution in [0.25, 0.3) is 0 Å². The molecule has 0 aliphatic carbocycles. The van der Waals surface area contributed by atoms with Gasteiger partial charge in [-0.25, -0.2) is 9.59 Å². The smallest absolute Gasteiger partial charge is 0.322 e. The molecule has 0 unspecified atom stereocenters. The van der Waals surface area contributed by atoms with Crippen molar-refractivity contribution in [1.82, 2.24) is 25.3 Å². The lowest BCUT2D eigenvalue weighted by atomic mass is 9.94. The number of aryl methyl sites for hydroxylation is 1. The molecule has 2 fully saturated rings. The average Bonchev–Trinajstić information content (AvgIpc) is 3.54. The Morgan fingerprint density at radius 3 is 2.60 bits per heavy atom. The van der Waals surface area contributed by atoms with E-state index >= 15 is 0 Å². The first-order chi connectivity index (χ1) is 19.3. The molecule has 0 radical (unpaired) electrons. The highest BCUT2D eigenvalue weighted by Gasteiger charge is 2.36. The SMILES string of the molecule is C=C1CN(C2CCN(C(=O)N[C@@H]3Cc4cc(Cl)c5c(c4CN(Cc4ccc(C)cc4)C3=O)C=NC5)CC2)C(=O)N1. The first kappa shape index (κ1) is 26.4. The van der Waals surface area contributed by atoms with Gasteiger partial charge in [0.1, 0.15) is 6.04 Å². The van der Waals surface area contributed by atoms with Crippen LogP contribution < -0.4 is 10.6 Å². The summed E-state index contributed by atoms with van der Waals surface area (Å²) < 4.78 is 0. The van der Waals surface area contributed by atoms with Gasteiger partial charge in [0, 0.05) is 66.7 Å². The van der Waals surface area contributed by atoms with Crippen molar-refractivity contribution in [3.63, 3.8) is 0 Å². The molecule has 208 valence electrons. The lowest BCUT2D eigenvalue weighted by Crippen LogP contribution is -2.55. The molecule has 0 spiro atoms. The number of urea groups is 2. The lowest BCUT2D eigenvalue weighted by Gasteiger charge is -2.36. The molecule has 0 bridgehead atoms. The van der Waals surface area contributed by atoms with Crippen LogP contribution in [0.2, 0.25) is 5.02 Å². The van der Waals surface area contributed by atoms with Gasteiger partial charge in [-0.2, -0.15) is 0 Å². The molecule has 2 N–H and O–H groups in total. The summed E-state index contributed by atoms with van der Waals surface area (Å²) >= 11 is 6.63. The monoisotopic (exact) mass is 560 g/mol. The third-order valence-electron chi connectivity index (χ3n) is 8.37. The number of hydrogen-bond donors (Lipinski definition) is 2. The molecule has 4 aliphatic rings. The van der Waals surface area contributed by atoms with E-state index in [0.717, 1.165) is 33.4 Å². The molecule has 4 heterocycles. The quantitative estimate of drug-likeness (QED) is 0.596. The molecule has 9 nitrogen and oxygen atoms in total. The molecular weight excluding hydrogens is 528 g/mol. The van der Waals surface area contributed by atoms with Crippen molar-refractivity contribution in [2.45, 2.75) is 57.9 Å². The number of piperidine rings is 1. The summed E-state index contributed by atoms with van der Waals surface area (Å²) in [5.74, 6) is -0.118. The van der Waals surface area contributed by atoms with E-state index in [2.05, 4.69) is 22.2 Å². The van der Waals surface area contributed by atoms with Gasteiger partial charge in [-0.3, -0.25) is 9.79 Å². The van der Waals surface area contributed by atoms with E-state index in [-0.39, 0.29) is 24.0 Å². The van der Waals surface area contributed by atoms with Crippen LogP contribution in [-0.4, -0.2) is 70.6 Å². The molecule has 2 aromatic rings. The van der Waals surface area contributed by atoms with Gasteiger partial charge in [-0.1, -0.05) is 48.0 Å². The largest absolute Gasteiger partial charge is 0.332 e. The van der Waals surface area contributed by atoms with Gasteiger partial charge in [-0.15, -0.1) is 0 Å². The topological polar surface area (TPSA) is 97.3 Å². The molecule has 6 rings (SSSR count). The predicted octanol–water partition coefficient (Wildman–Crippen LogP) is 3.75. The minimum absolute atomic E-state index is 0.0607. The maximum Gasteiger partial charge on any atom is 0.322 e. The zero-order valence-electron chi connectivity index (χ0n) is 22.6. The number of nitrogens with one attached hydrogen (secondary N) is 2. The Labute approximate surface area is 238 Å². The number of likely N-dealkylation sites (tertiary alicyclic amines) is 1. The highest BCUT2D eigenvalue weighted by molar-refractivity contribution is 6.32. The van der Waals surface area contributed by atoms with Crippen molar-refractivity contribution < 1.29 is 14.4 Å². The van der Waals surface area contributed by atoms with Crippen LogP contribution in [0.15, 0.2) is 47.6 Å². The van der Waals surface area contributed by atoms with E-state index < -0.39 is 6.04 Å². The Hall–Kier alpha value is -3.85. The first-order valence-electron chi connectivity index (χ1n) is 13.7. The second-order valence-electron chi connectivity index (χ2n) is 11.1. The number of halogens is 1. The zero-order chi connectivity index (χ0) is 28.0. The number of benzene rings is 2. The average molecular weight is 561 g/mol. The fourth-order valence-electron chi connectivity index (χ4n) is 6.14. The summed E-state index contributed by atoms with van der Waals surface area (Å²) in [6, 6.07) is 9.04. The van der Waals surface area contributed by atoms with Crippen LogP contribution in [0.5, 0.6) is 0 Å². The number of amides is 5. The van der Waals surface area contributed by atoms with Crippen LogP contribution in [0.3, 0.4) is 0 Å². The van der Waals surface area contributed by atoms with Crippen molar-refractivity contribution in [1.29, 1.82) is 0 Å². The zero-order valence-corrected chi connectivity index (χ0v) is 23.3. The fourth-order valence-corrected chi connectivity index (χ4v) is 6.43. The molecule has 10 heteroatoms. The molecule has 4 aliphatic heterocycles. The van der Waals surface area contributed by atoms with Gasteiger partial charge in [0.25, 0.3) is 0 Å². The molecular formula is C30H33ClN6O3. The summed E-state index contributed by atoms with van der Waals surface area (Å²) in [4.78, 5) is 49.4. The minimum atomic E-state index is -0.725. The Kier molecular flexibility index (Phi) is 7.00. The number of hydrogen-bond acceptors (Lipinski definition) is 4. The summed E-state index contributed by atoms with van der Waals surface area (Å²) in [5.41, 5.74) is 6.87. The van der Waals surface area contributed by atoms with E-state index in [1.54, 1.807) is 9.80 Å². The maximum absolute atomic E-state index is 13.9. The molecule has 0 saturated carbocycles. The van der Waals surface area contributed by atoms with Gasteiger partial charge in [0.15, 0.2) is 0 Å². The number of fused-ring (bicyclic) bond motifs is 3. The first-order valence-corrected chi connectivity index (χ1v) is 14.1. The summed E-state index contributed by atoms with van der Waals surface area (Å²) in [7, 11) is 0. The molecule has 2 aromatic carbocycles. The van der Waals surface area contributed by atoms with Gasteiger partial charge in [0.05, 0.1) is 13.1 Å². The number of rotatable bonds is 4. The van der Waals surface area contributed by atoms with E-state index in [0.29, 0.717) is 69.3 Å². The summed E-state index contributed by atoms with van der Waals surface area (Å²) in [6.07, 6.45) is 3.57. The minimum Gasteiger partial charge on any atom is -0.332 e. The van der Waals surface area contributed by atoms with Crippen LogP contribution in [0.4, 0.5) is 9.59 Å². The fraction of sp³-hybridized carbons (Fsp3) is 0.400. The lowest BCUT2D eigenvalue weighted by molar-refractivity contribution is -0.134. The second kappa shape index (κ2) is 10.6. The third-order valence-corrected chi connectivity index (χ3v) is 8.71. The van der Waals surface area contributed by atoms with Gasteiger partial charge >= 0.3 is 12.1 Å². The van der Waals surface area contributed by atoms with Gasteiger partial charge in [-0.05, 0) is 42.5 Å². The van der Waals surface area contributed by atoms with Crippen molar-refractivity contribution in [2.24, 2.45) is 4.99 Å². The van der Waals surface area contributed by atoms with E-state index in [4.69, 9.17) is 11.6 Å². The number of nitrogens with zero attached hydrogens (tertiary/aromatic N) is 4. The molecule has 0 aromatic heterocycles. The highest BCUT2D eigenvalue weighted by Crippen LogP contribution is 2.34. The summed E-state index contributed by atoms with van der Waals surface area (Å²) in [6.45, 7) is 8.80. The van der Waals surface area contributed by atoms with E-state index in [1.807, 2.05) is 48.4 Å².